The van der Waals surface area contributed by atoms with E-state index in [1.54, 1.807) is 45.0 Å². The predicted octanol–water partition coefficient (Wildman–Crippen LogP) is 30.5. The number of aromatic nitrogens is 4. The number of carboxylic acid groups (broad SMARTS) is 3. The fourth-order valence-corrected chi connectivity index (χ4v) is 21.9. The number of aromatic carboxylic acids is 2. The number of ether oxygens (including phenoxy) is 3. The van der Waals surface area contributed by atoms with Crippen molar-refractivity contribution in [3.8, 4) is 73.1 Å². The maximum Gasteiger partial charge on any atom is 0.416 e. The fraction of sp³-hybridized carbons (Fsp3) is 0.346. The topological polar surface area (TPSA) is 252 Å². The summed E-state index contributed by atoms with van der Waals surface area (Å²) in [5.41, 5.74) is -4.76. The van der Waals surface area contributed by atoms with Gasteiger partial charge in [0.1, 0.15) is 17.1 Å². The van der Waals surface area contributed by atoms with Crippen molar-refractivity contribution in [3.63, 3.8) is 0 Å². The van der Waals surface area contributed by atoms with Gasteiger partial charge in [0.25, 0.3) is 33.5 Å². The number of carbonyl (C=O) groups excluding carboxylic acids is 3. The van der Waals surface area contributed by atoms with E-state index < -0.39 is 185 Å². The molecule has 3 N–H and O–H groups in total. The molecule has 7 aromatic carbocycles. The maximum absolute atomic E-state index is 14.6. The van der Waals surface area contributed by atoms with Gasteiger partial charge in [-0.1, -0.05) is 71.7 Å². The number of aliphatic carboxylic acids is 1. The third kappa shape index (κ3) is 25.4. The number of alkyl halides is 24. The molecule has 15 rings (SSSR count). The van der Waals surface area contributed by atoms with E-state index in [-0.39, 0.29) is 105 Å². The maximum atomic E-state index is 14.6. The lowest BCUT2D eigenvalue weighted by molar-refractivity contribution is -0.144. The van der Waals surface area contributed by atoms with E-state index >= 15 is 0 Å². The van der Waals surface area contributed by atoms with Crippen molar-refractivity contribution in [2.75, 3.05) is 21.3 Å². The lowest BCUT2D eigenvalue weighted by atomic mass is 9.78. The molecule has 6 atom stereocenters. The number of hydrogen-bond donors (Lipinski definition) is 3. The molecule has 0 unspecified atom stereocenters. The summed E-state index contributed by atoms with van der Waals surface area (Å²) in [6.07, 6.45) is -25.4. The number of aryl methyl sites for hydroxylation is 3. The number of benzene rings is 7. The minimum atomic E-state index is -5.10. The van der Waals surface area contributed by atoms with E-state index in [0.717, 1.165) is 22.6 Å². The summed E-state index contributed by atoms with van der Waals surface area (Å²) in [7, 11) is 4.07. The molecule has 11 aromatic rings. The van der Waals surface area contributed by atoms with Gasteiger partial charge < -0.3 is 44.2 Å². The number of amides is 3. The van der Waals surface area contributed by atoms with Gasteiger partial charge in [-0.15, -0.1) is 0 Å². The van der Waals surface area contributed by atoms with Crippen LogP contribution in [-0.2, 0) is 79.3 Å². The SMILES string of the molecule is COc1ccc(C2CCC(C(=O)O)CC2)cc1-c1ccc(C(C)(F)F)nc1CN1C(=O)S[C@H](c2cc(C(F)(F)F)cc(C(F)(F)F)c2)[C@@H]1C.COc1ncc(-c2c(C)cc(C(=O)O)cc2C)cc1-c1ccc(C(C)(F)F)nc1CN1C(=O)S[C@H](c2cc(C(F)(F)F)cc(C(F)(F)F)c2)[C@@H]1C.COc1ncc(-c2ccc(C(=O)O)cc2C)cc1-c1ccc(C(C)(F)F)cc1CN1C(=O)S[C@H](c2cc(C(F)(F)F)cc(C(F)(F)F)c2)[C@@H]1C. The van der Waals surface area contributed by atoms with Crippen LogP contribution in [0.1, 0.15) is 216 Å². The number of carbonyl (C=O) groups is 6. The van der Waals surface area contributed by atoms with Crippen LogP contribution in [0.4, 0.5) is 120 Å². The standard InChI is InChI=1S/C35H29F8N3O4S.C35H28F8N2O4S.C34H32F8N2O4S/c1-16-8-20(31(47)48)9-17(2)28(16)21-12-25(30(50-5)44-14-21)24-6-7-27(33(4,36)37)45-26(24)15-46-18(3)29(51-32(46)49)19-10-22(34(38,39)40)13-23(11-19)35(41,42)43;1-17-9-19(31(46)47)5-7-26(17)21-13-28(30(49-4)44-15-21)27-8-6-23(33(3,36)37)12-22(27)16-45-18(2)29(50-32(45)48)20-10-24(34(38,39)40)14-25(11-20)35(41,42)43;1-17-29(21-12-22(33(37,38)39)15-23(13-21)34(40,41)42)49-31(47)44(17)16-26-24(9-11-28(43-26)32(2,35)36)25-14-20(8-10-27(25)48-3)18-4-6-19(7-5-18)30(45)46/h6-14,18,29H,15H2,1-5H3,(H,47,48);5-15,18,29H,16H2,1-4H3,(H,46,47);8-15,17-19,29H,4-7,16H2,1-3H3,(H,45,46)/t2*18-,29-;17-,18?,19?,29-/m000/s1. The minimum absolute atomic E-state index is 0.000958. The van der Waals surface area contributed by atoms with Crippen LogP contribution in [0.3, 0.4) is 0 Å². The summed E-state index contributed by atoms with van der Waals surface area (Å²) in [6.45, 7) is 10.2. The number of rotatable bonds is 24. The van der Waals surface area contributed by atoms with Gasteiger partial charge in [-0.05, 0) is 256 Å². The Balaban J connectivity index is 0.000000187. The smallest absolute Gasteiger partial charge is 0.416 e. The second-order valence-corrected chi connectivity index (χ2v) is 39.8. The van der Waals surface area contributed by atoms with E-state index in [0.29, 0.717) is 185 Å². The van der Waals surface area contributed by atoms with Crippen LogP contribution in [0.2, 0.25) is 0 Å². The zero-order valence-electron chi connectivity index (χ0n) is 80.7. The fourth-order valence-electron chi connectivity index (χ4n) is 18.3. The largest absolute Gasteiger partial charge is 0.496 e. The quantitative estimate of drug-likeness (QED) is 0.0475. The van der Waals surface area contributed by atoms with Crippen molar-refractivity contribution >= 4 is 68.9 Å². The van der Waals surface area contributed by atoms with E-state index in [2.05, 4.69) is 19.9 Å². The van der Waals surface area contributed by atoms with Crippen molar-refractivity contribution in [2.45, 2.75) is 202 Å². The van der Waals surface area contributed by atoms with Gasteiger partial charge >= 0.3 is 55.0 Å². The number of methoxy groups -OCH3 is 3. The molecular formula is C104H89F24N7O12S3. The van der Waals surface area contributed by atoms with Gasteiger partial charge in [0.15, 0.2) is 0 Å². The van der Waals surface area contributed by atoms with Crippen molar-refractivity contribution in [3.05, 3.63) is 287 Å². The van der Waals surface area contributed by atoms with Crippen LogP contribution in [0.25, 0.3) is 55.6 Å². The highest BCUT2D eigenvalue weighted by molar-refractivity contribution is 8.14. The van der Waals surface area contributed by atoms with Crippen LogP contribution in [0.5, 0.6) is 17.5 Å². The van der Waals surface area contributed by atoms with Crippen molar-refractivity contribution < 1.29 is 164 Å². The summed E-state index contributed by atoms with van der Waals surface area (Å²) in [5.74, 6) is -13.1. The molecule has 0 radical (unpaired) electrons. The Morgan fingerprint density at radius 3 is 1.08 bits per heavy atom. The molecule has 4 fully saturated rings. The molecule has 46 heteroatoms. The molecule has 798 valence electrons. The number of nitrogens with zero attached hydrogens (tertiary/aromatic N) is 7. The van der Waals surface area contributed by atoms with Crippen LogP contribution < -0.4 is 14.2 Å². The van der Waals surface area contributed by atoms with Crippen molar-refractivity contribution in [2.24, 2.45) is 5.92 Å². The third-order valence-electron chi connectivity index (χ3n) is 26.0. The predicted molar refractivity (Wildman–Crippen MR) is 508 cm³/mol. The van der Waals surface area contributed by atoms with E-state index in [9.17, 15) is 149 Å². The average molecular weight is 2180 g/mol. The zero-order valence-corrected chi connectivity index (χ0v) is 83.1. The van der Waals surface area contributed by atoms with Crippen LogP contribution in [-0.4, -0.2) is 123 Å². The first-order valence-corrected chi connectivity index (χ1v) is 48.0. The Morgan fingerprint density at radius 1 is 0.360 bits per heavy atom. The van der Waals surface area contributed by atoms with Gasteiger partial charge in [-0.2, -0.15) is 96.6 Å². The Kier molecular flexibility index (Phi) is 32.8. The summed E-state index contributed by atoms with van der Waals surface area (Å²) in [5, 5.41) is 22.7. The monoisotopic (exact) mass is 2180 g/mol. The van der Waals surface area contributed by atoms with Crippen LogP contribution in [0, 0.1) is 26.7 Å². The number of thioether (sulfide) groups is 3. The van der Waals surface area contributed by atoms with E-state index in [1.165, 1.54) is 119 Å². The molecule has 1 aliphatic carbocycles. The Labute approximate surface area is 853 Å². The lowest BCUT2D eigenvalue weighted by Gasteiger charge is -2.28. The molecule has 150 heavy (non-hydrogen) atoms. The first-order valence-electron chi connectivity index (χ1n) is 45.3. The van der Waals surface area contributed by atoms with Crippen molar-refractivity contribution in [1.82, 2.24) is 34.6 Å². The summed E-state index contributed by atoms with van der Waals surface area (Å²) >= 11 is 1.60. The molecule has 19 nitrogen and oxygen atoms in total. The van der Waals surface area contributed by atoms with Crippen molar-refractivity contribution in [1.29, 1.82) is 0 Å². The second kappa shape index (κ2) is 43.2. The molecule has 4 aromatic heterocycles. The van der Waals surface area contributed by atoms with Crippen LogP contribution in [0.15, 0.2) is 170 Å². The zero-order chi connectivity index (χ0) is 111. The normalized spacial score (nSPS) is 18.6. The highest BCUT2D eigenvalue weighted by Crippen LogP contribution is 2.55. The Morgan fingerprint density at radius 2 is 0.720 bits per heavy atom. The average Bonchev–Trinajstić information content (AvgIpc) is 1.41. The van der Waals surface area contributed by atoms with E-state index in [1.807, 2.05) is 12.1 Å². The first kappa shape index (κ1) is 114. The van der Waals surface area contributed by atoms with Gasteiger partial charge in [0.2, 0.25) is 11.8 Å². The molecule has 3 saturated heterocycles. The van der Waals surface area contributed by atoms with Crippen LogP contribution >= 0.6 is 35.3 Å². The molecule has 4 aliphatic rings. The summed E-state index contributed by atoms with van der Waals surface area (Å²) in [4.78, 5) is 95.3. The molecule has 0 spiro atoms. The molecular weight excluding hydrogens is 2090 g/mol. The molecule has 7 heterocycles. The molecule has 0 bridgehead atoms. The third-order valence-corrected chi connectivity index (χ3v) is 30.1. The van der Waals surface area contributed by atoms with E-state index in [4.69, 9.17) is 14.2 Å². The Hall–Kier alpha value is -13.3. The summed E-state index contributed by atoms with van der Waals surface area (Å²) < 4.78 is 349. The highest BCUT2D eigenvalue weighted by atomic mass is 32.2. The van der Waals surface area contributed by atoms with Gasteiger partial charge in [0, 0.05) is 102 Å². The first-order chi connectivity index (χ1) is 69.5. The molecule has 3 aliphatic heterocycles. The molecule has 1 saturated carbocycles. The summed E-state index contributed by atoms with van der Waals surface area (Å²) in [6, 6.07) is 25.4. The van der Waals surface area contributed by atoms with Gasteiger partial charge in [-0.25, -0.2) is 38.3 Å². The highest BCUT2D eigenvalue weighted by Gasteiger charge is 2.49. The number of carboxylic acids is 3. The number of hydrogen-bond acceptors (Lipinski definition) is 16. The van der Waals surface area contributed by atoms with Gasteiger partial charge in [-0.3, -0.25) is 19.2 Å². The van der Waals surface area contributed by atoms with Gasteiger partial charge in [0.05, 0.1) is 112 Å². The number of halogens is 24. The number of pyridine rings is 4. The second-order valence-electron chi connectivity index (χ2n) is 36.5. The molecule has 3 amide bonds. The lowest BCUT2D eigenvalue weighted by Crippen LogP contribution is -2.32. The minimum Gasteiger partial charge on any atom is -0.496 e. The Bertz CT molecular complexity index is 6920.